The van der Waals surface area contributed by atoms with Crippen molar-refractivity contribution >= 4 is 17.4 Å². The fourth-order valence-corrected chi connectivity index (χ4v) is 1.75. The Kier molecular flexibility index (Phi) is 5.33. The molecule has 0 bridgehead atoms. The Balaban J connectivity index is 2.53. The van der Waals surface area contributed by atoms with Crippen LogP contribution in [0.4, 0.5) is 0 Å². The Hall–Kier alpha value is -1.02. The van der Waals surface area contributed by atoms with Crippen LogP contribution in [0.25, 0.3) is 0 Å². The maximum Gasteiger partial charge on any atom is 0.166 e. The summed E-state index contributed by atoms with van der Waals surface area (Å²) in [5, 5.41) is 10.0. The van der Waals surface area contributed by atoms with Gasteiger partial charge in [-0.15, -0.1) is 0 Å². The Morgan fingerprint density at radius 1 is 1.31 bits per heavy atom. The number of aromatic hydroxyl groups is 1. The number of carbonyl (C=O) groups is 1. The minimum Gasteiger partial charge on any atom is -0.507 e. The van der Waals surface area contributed by atoms with Gasteiger partial charge in [0.2, 0.25) is 0 Å². The average Bonchev–Trinajstić information content (AvgIpc) is 2.24. The highest BCUT2D eigenvalue weighted by molar-refractivity contribution is 6.30. The van der Waals surface area contributed by atoms with Crippen LogP contribution >= 0.6 is 11.6 Å². The Morgan fingerprint density at radius 3 is 2.69 bits per heavy atom. The highest BCUT2D eigenvalue weighted by Crippen LogP contribution is 2.23. The zero-order valence-electron chi connectivity index (χ0n) is 9.50. The number of benzene rings is 1. The van der Waals surface area contributed by atoms with Gasteiger partial charge in [0, 0.05) is 11.4 Å². The molecule has 1 aromatic rings. The van der Waals surface area contributed by atoms with Gasteiger partial charge in [-0.05, 0) is 24.6 Å². The maximum atomic E-state index is 11.7. The SMILES string of the molecule is CCCCCCC(=O)c1ccc(Cl)cc1O. The number of hydrogen-bond donors (Lipinski definition) is 1. The molecule has 1 aromatic carbocycles. The van der Waals surface area contributed by atoms with Gasteiger partial charge in [-0.2, -0.15) is 0 Å². The van der Waals surface area contributed by atoms with Crippen LogP contribution in [0.3, 0.4) is 0 Å². The molecule has 0 unspecified atom stereocenters. The lowest BCUT2D eigenvalue weighted by Crippen LogP contribution is -1.99. The van der Waals surface area contributed by atoms with Gasteiger partial charge in [-0.1, -0.05) is 37.8 Å². The largest absolute Gasteiger partial charge is 0.507 e. The molecule has 1 rings (SSSR count). The first-order chi connectivity index (χ1) is 7.65. The quantitative estimate of drug-likeness (QED) is 0.598. The van der Waals surface area contributed by atoms with Crippen LogP contribution in [-0.2, 0) is 0 Å². The standard InChI is InChI=1S/C13H17ClO2/c1-2-3-4-5-6-12(15)11-8-7-10(14)9-13(11)16/h7-9,16H,2-6H2,1H3. The molecule has 0 aliphatic heterocycles. The first-order valence-corrected chi connectivity index (χ1v) is 6.04. The molecule has 0 aliphatic rings. The molecule has 0 saturated heterocycles. The van der Waals surface area contributed by atoms with Gasteiger partial charge in [-0.3, -0.25) is 4.79 Å². The molecule has 0 aliphatic carbocycles. The molecule has 1 N–H and O–H groups in total. The molecule has 3 heteroatoms. The van der Waals surface area contributed by atoms with E-state index in [1.54, 1.807) is 12.1 Å². The zero-order chi connectivity index (χ0) is 12.0. The summed E-state index contributed by atoms with van der Waals surface area (Å²) in [4.78, 5) is 11.7. The van der Waals surface area contributed by atoms with Crippen LogP contribution in [0.15, 0.2) is 18.2 Å². The minimum atomic E-state index is -0.0204. The molecule has 16 heavy (non-hydrogen) atoms. The maximum absolute atomic E-state index is 11.7. The molecule has 88 valence electrons. The van der Waals surface area contributed by atoms with Crippen molar-refractivity contribution in [2.75, 3.05) is 0 Å². The second-order valence-corrected chi connectivity index (χ2v) is 4.33. The van der Waals surface area contributed by atoms with E-state index in [0.29, 0.717) is 17.0 Å². The normalized spacial score (nSPS) is 10.4. The molecule has 0 amide bonds. The molecule has 0 aromatic heterocycles. The number of halogens is 1. The Labute approximate surface area is 101 Å². The van der Waals surface area contributed by atoms with Gasteiger partial charge in [0.1, 0.15) is 5.75 Å². The van der Waals surface area contributed by atoms with Gasteiger partial charge < -0.3 is 5.11 Å². The smallest absolute Gasteiger partial charge is 0.166 e. The summed E-state index contributed by atoms with van der Waals surface area (Å²) in [5.41, 5.74) is 0.376. The van der Waals surface area contributed by atoms with Gasteiger partial charge in [0.05, 0.1) is 5.56 Å². The topological polar surface area (TPSA) is 37.3 Å². The van der Waals surface area contributed by atoms with E-state index >= 15 is 0 Å². The average molecular weight is 241 g/mol. The van der Waals surface area contributed by atoms with E-state index in [-0.39, 0.29) is 11.5 Å². The fraction of sp³-hybridized carbons (Fsp3) is 0.462. The predicted octanol–water partition coefficient (Wildman–Crippen LogP) is 4.20. The monoisotopic (exact) mass is 240 g/mol. The first-order valence-electron chi connectivity index (χ1n) is 5.67. The third-order valence-electron chi connectivity index (χ3n) is 2.52. The summed E-state index contributed by atoms with van der Waals surface area (Å²) in [7, 11) is 0. The highest BCUT2D eigenvalue weighted by atomic mass is 35.5. The van der Waals surface area contributed by atoms with Crippen molar-refractivity contribution in [3.8, 4) is 5.75 Å². The number of phenols is 1. The number of carbonyl (C=O) groups excluding carboxylic acids is 1. The Bertz CT molecular complexity index is 361. The fourth-order valence-electron chi connectivity index (χ4n) is 1.59. The van der Waals surface area contributed by atoms with Crippen LogP contribution in [0, 0.1) is 0 Å². The predicted molar refractivity (Wildman–Crippen MR) is 66.2 cm³/mol. The van der Waals surface area contributed by atoms with Gasteiger partial charge in [0.25, 0.3) is 0 Å². The number of unbranched alkanes of at least 4 members (excludes halogenated alkanes) is 3. The minimum absolute atomic E-state index is 0.00901. The molecular formula is C13H17ClO2. The number of rotatable bonds is 6. The summed E-state index contributed by atoms with van der Waals surface area (Å²) < 4.78 is 0. The van der Waals surface area contributed by atoms with E-state index in [1.807, 2.05) is 0 Å². The number of ketones is 1. The lowest BCUT2D eigenvalue weighted by atomic mass is 10.0. The summed E-state index contributed by atoms with van der Waals surface area (Å²) in [6.07, 6.45) is 4.75. The molecule has 0 atom stereocenters. The van der Waals surface area contributed by atoms with Gasteiger partial charge in [-0.25, -0.2) is 0 Å². The Morgan fingerprint density at radius 2 is 2.06 bits per heavy atom. The van der Waals surface area contributed by atoms with Crippen LogP contribution in [-0.4, -0.2) is 10.9 Å². The van der Waals surface area contributed by atoms with E-state index < -0.39 is 0 Å². The first kappa shape index (κ1) is 13.0. The van der Waals surface area contributed by atoms with E-state index in [9.17, 15) is 9.90 Å². The molecule has 0 spiro atoms. The van der Waals surface area contributed by atoms with Crippen LogP contribution < -0.4 is 0 Å². The number of hydrogen-bond acceptors (Lipinski definition) is 2. The van der Waals surface area contributed by atoms with E-state index in [1.165, 1.54) is 6.07 Å². The van der Waals surface area contributed by atoms with Crippen LogP contribution in [0.5, 0.6) is 5.75 Å². The van der Waals surface area contributed by atoms with Crippen molar-refractivity contribution in [2.24, 2.45) is 0 Å². The lowest BCUT2D eigenvalue weighted by Gasteiger charge is -2.04. The van der Waals surface area contributed by atoms with Crippen LogP contribution in [0.2, 0.25) is 5.02 Å². The summed E-state index contributed by atoms with van der Waals surface area (Å²) in [6.45, 7) is 2.13. The van der Waals surface area contributed by atoms with Crippen LogP contribution in [0.1, 0.15) is 49.4 Å². The third kappa shape index (κ3) is 3.86. The summed E-state index contributed by atoms with van der Waals surface area (Å²) in [6, 6.07) is 4.61. The summed E-state index contributed by atoms with van der Waals surface area (Å²) >= 11 is 5.70. The second-order valence-electron chi connectivity index (χ2n) is 3.90. The van der Waals surface area contributed by atoms with E-state index in [2.05, 4.69) is 6.92 Å². The van der Waals surface area contributed by atoms with Crippen molar-refractivity contribution in [1.29, 1.82) is 0 Å². The molecular weight excluding hydrogens is 224 g/mol. The molecule has 0 radical (unpaired) electrons. The van der Waals surface area contributed by atoms with Crippen molar-refractivity contribution < 1.29 is 9.90 Å². The van der Waals surface area contributed by atoms with Crippen molar-refractivity contribution in [1.82, 2.24) is 0 Å². The molecule has 0 saturated carbocycles. The molecule has 0 heterocycles. The number of phenolic OH excluding ortho intramolecular Hbond substituents is 1. The van der Waals surface area contributed by atoms with E-state index in [4.69, 9.17) is 11.6 Å². The molecule has 2 nitrogen and oxygen atoms in total. The molecule has 0 fully saturated rings. The van der Waals surface area contributed by atoms with Crippen molar-refractivity contribution in [2.45, 2.75) is 39.0 Å². The van der Waals surface area contributed by atoms with Crippen molar-refractivity contribution in [3.63, 3.8) is 0 Å². The van der Waals surface area contributed by atoms with E-state index in [0.717, 1.165) is 25.7 Å². The third-order valence-corrected chi connectivity index (χ3v) is 2.75. The summed E-state index contributed by atoms with van der Waals surface area (Å²) in [5.74, 6) is -0.0294. The zero-order valence-corrected chi connectivity index (χ0v) is 10.3. The second kappa shape index (κ2) is 6.54. The highest BCUT2D eigenvalue weighted by Gasteiger charge is 2.10. The number of Topliss-reactive ketones (excluding diaryl/α,β-unsaturated/α-hetero) is 1. The van der Waals surface area contributed by atoms with Gasteiger partial charge in [0.15, 0.2) is 5.78 Å². The lowest BCUT2D eigenvalue weighted by molar-refractivity contribution is 0.0976. The van der Waals surface area contributed by atoms with Crippen molar-refractivity contribution in [3.05, 3.63) is 28.8 Å². The van der Waals surface area contributed by atoms with Gasteiger partial charge >= 0.3 is 0 Å².